The molecule has 1 amide bonds. The summed E-state index contributed by atoms with van der Waals surface area (Å²) in [5.74, 6) is 0.201. The quantitative estimate of drug-likeness (QED) is 0.679. The molecule has 2 aliphatic carbocycles. The molecule has 2 bridgehead atoms. The van der Waals surface area contributed by atoms with Gasteiger partial charge in [0.05, 0.1) is 11.7 Å². The van der Waals surface area contributed by atoms with E-state index in [0.29, 0.717) is 25.0 Å². The first-order chi connectivity index (χ1) is 14.8. The SMILES string of the molecule is NC1CCC(CS(=O)(=O)N2[C@@H]3CC[C@H]2CC(NC(=O)c2cc([C@@H]4C[C@H]4F)on2)C3)CC1. The lowest BCUT2D eigenvalue weighted by Gasteiger charge is -2.39. The molecule has 5 rings (SSSR count). The molecule has 1 aromatic rings. The van der Waals surface area contributed by atoms with Crippen molar-refractivity contribution < 1.29 is 22.1 Å². The first-order valence-corrected chi connectivity index (χ1v) is 13.1. The van der Waals surface area contributed by atoms with Crippen LogP contribution in [0, 0.1) is 5.92 Å². The summed E-state index contributed by atoms with van der Waals surface area (Å²) in [6, 6.07) is 1.50. The average Bonchev–Trinajstić information content (AvgIpc) is 3.13. The zero-order valence-electron chi connectivity index (χ0n) is 17.6. The largest absolute Gasteiger partial charge is 0.360 e. The molecular weight excluding hydrogens is 423 g/mol. The van der Waals surface area contributed by atoms with E-state index in [9.17, 15) is 17.6 Å². The van der Waals surface area contributed by atoms with Gasteiger partial charge in [-0.25, -0.2) is 12.8 Å². The molecule has 31 heavy (non-hydrogen) atoms. The van der Waals surface area contributed by atoms with Gasteiger partial charge in [-0.15, -0.1) is 0 Å². The Bertz CT molecular complexity index is 916. The van der Waals surface area contributed by atoms with Crippen LogP contribution in [0.2, 0.25) is 0 Å². The van der Waals surface area contributed by atoms with Gasteiger partial charge < -0.3 is 15.6 Å². The Labute approximate surface area is 182 Å². The van der Waals surface area contributed by atoms with Crippen molar-refractivity contribution >= 4 is 15.9 Å². The molecule has 2 aliphatic heterocycles. The summed E-state index contributed by atoms with van der Waals surface area (Å²) in [5.41, 5.74) is 6.12. The number of nitrogens with one attached hydrogen (secondary N) is 1. The van der Waals surface area contributed by atoms with Gasteiger partial charge >= 0.3 is 0 Å². The second kappa shape index (κ2) is 8.12. The minimum absolute atomic E-state index is 0.0634. The van der Waals surface area contributed by atoms with E-state index in [0.717, 1.165) is 38.5 Å². The third-order valence-electron chi connectivity index (χ3n) is 7.50. The highest BCUT2D eigenvalue weighted by atomic mass is 32.2. The molecule has 4 fully saturated rings. The standard InChI is InChI=1S/C21H31FN4O4S/c22-18-9-17(18)20-10-19(25-30-20)21(27)24-14-7-15-5-6-16(8-14)26(15)31(28,29)11-12-1-3-13(23)4-2-12/h10,12-18H,1-9,11,23H2,(H,24,27)/t12?,13?,14?,15-,16+,17-,18-/m1/s1. The number of carbonyl (C=O) groups is 1. The highest BCUT2D eigenvalue weighted by Crippen LogP contribution is 2.43. The minimum Gasteiger partial charge on any atom is -0.360 e. The van der Waals surface area contributed by atoms with E-state index in [1.165, 1.54) is 6.07 Å². The molecule has 0 aromatic carbocycles. The molecule has 1 unspecified atom stereocenters. The summed E-state index contributed by atoms with van der Waals surface area (Å²) in [4.78, 5) is 12.6. The van der Waals surface area contributed by atoms with Crippen LogP contribution in [0.1, 0.15) is 80.0 Å². The number of carbonyl (C=O) groups excluding carboxylic acids is 1. The van der Waals surface area contributed by atoms with Crippen molar-refractivity contribution in [1.29, 1.82) is 0 Å². The first-order valence-electron chi connectivity index (χ1n) is 11.5. The van der Waals surface area contributed by atoms with E-state index in [-0.39, 0.29) is 53.4 Å². The monoisotopic (exact) mass is 454 g/mol. The number of fused-ring (bicyclic) bond motifs is 2. The highest BCUT2D eigenvalue weighted by Gasteiger charge is 2.47. The van der Waals surface area contributed by atoms with Gasteiger partial charge in [-0.2, -0.15) is 4.31 Å². The second-order valence-electron chi connectivity index (χ2n) is 9.89. The van der Waals surface area contributed by atoms with Gasteiger partial charge in [0.2, 0.25) is 10.0 Å². The summed E-state index contributed by atoms with van der Waals surface area (Å²) < 4.78 is 46.4. The van der Waals surface area contributed by atoms with E-state index in [4.69, 9.17) is 10.3 Å². The van der Waals surface area contributed by atoms with Crippen molar-refractivity contribution in [3.05, 3.63) is 17.5 Å². The van der Waals surface area contributed by atoms with Crippen LogP contribution in [0.3, 0.4) is 0 Å². The fourth-order valence-electron chi connectivity index (χ4n) is 5.73. The lowest BCUT2D eigenvalue weighted by molar-refractivity contribution is 0.0900. The van der Waals surface area contributed by atoms with E-state index in [1.807, 2.05) is 0 Å². The van der Waals surface area contributed by atoms with Crippen LogP contribution in [0.4, 0.5) is 4.39 Å². The maximum atomic E-state index is 13.2. The fraction of sp³-hybridized carbons (Fsp3) is 0.810. The topological polar surface area (TPSA) is 119 Å². The Morgan fingerprint density at radius 3 is 2.42 bits per heavy atom. The Morgan fingerprint density at radius 1 is 1.16 bits per heavy atom. The third kappa shape index (κ3) is 4.39. The zero-order chi connectivity index (χ0) is 21.8. The summed E-state index contributed by atoms with van der Waals surface area (Å²) in [6.45, 7) is 0. The number of nitrogens with two attached hydrogens (primary N) is 1. The van der Waals surface area contributed by atoms with Gasteiger partial charge in [-0.1, -0.05) is 5.16 Å². The molecule has 10 heteroatoms. The van der Waals surface area contributed by atoms with Crippen molar-refractivity contribution in [3.8, 4) is 0 Å². The predicted octanol–water partition coefficient (Wildman–Crippen LogP) is 2.07. The van der Waals surface area contributed by atoms with Gasteiger partial charge in [-0.3, -0.25) is 4.79 Å². The molecule has 5 atom stereocenters. The van der Waals surface area contributed by atoms with Gasteiger partial charge in [0, 0.05) is 30.2 Å². The van der Waals surface area contributed by atoms with Crippen LogP contribution in [0.15, 0.2) is 10.6 Å². The van der Waals surface area contributed by atoms with Gasteiger partial charge in [0.1, 0.15) is 11.9 Å². The average molecular weight is 455 g/mol. The maximum Gasteiger partial charge on any atom is 0.273 e. The van der Waals surface area contributed by atoms with Crippen LogP contribution in [0.5, 0.6) is 0 Å². The van der Waals surface area contributed by atoms with E-state index in [2.05, 4.69) is 10.5 Å². The fourth-order valence-corrected chi connectivity index (χ4v) is 8.13. The normalized spacial score (nSPS) is 38.2. The highest BCUT2D eigenvalue weighted by molar-refractivity contribution is 7.89. The Morgan fingerprint density at radius 2 is 1.81 bits per heavy atom. The number of hydrogen-bond donors (Lipinski definition) is 2. The Hall–Kier alpha value is -1.52. The summed E-state index contributed by atoms with van der Waals surface area (Å²) in [6.07, 6.45) is 5.95. The van der Waals surface area contributed by atoms with Gasteiger partial charge in [0.25, 0.3) is 5.91 Å². The predicted molar refractivity (Wildman–Crippen MR) is 112 cm³/mol. The van der Waals surface area contributed by atoms with Crippen molar-refractivity contribution in [3.63, 3.8) is 0 Å². The number of piperidine rings is 1. The molecule has 2 saturated carbocycles. The lowest BCUT2D eigenvalue weighted by atomic mass is 9.88. The summed E-state index contributed by atoms with van der Waals surface area (Å²) in [5, 5.41) is 6.77. The first kappa shape index (κ1) is 21.3. The van der Waals surface area contributed by atoms with Crippen LogP contribution in [0.25, 0.3) is 0 Å². The van der Waals surface area contributed by atoms with Crippen molar-refractivity contribution in [2.24, 2.45) is 11.7 Å². The smallest absolute Gasteiger partial charge is 0.273 e. The van der Waals surface area contributed by atoms with Crippen molar-refractivity contribution in [1.82, 2.24) is 14.8 Å². The number of rotatable bonds is 6. The molecule has 172 valence electrons. The van der Waals surface area contributed by atoms with Crippen LogP contribution in [-0.2, 0) is 10.0 Å². The maximum absolute atomic E-state index is 13.2. The van der Waals surface area contributed by atoms with Gasteiger partial charge in [-0.05, 0) is 63.7 Å². The molecule has 1 aromatic heterocycles. The van der Waals surface area contributed by atoms with E-state index >= 15 is 0 Å². The second-order valence-corrected chi connectivity index (χ2v) is 11.8. The number of nitrogens with zero attached hydrogens (tertiary/aromatic N) is 2. The molecule has 0 spiro atoms. The number of amides is 1. The molecule has 8 nitrogen and oxygen atoms in total. The Balaban J connectivity index is 1.18. The molecular formula is C21H31FN4O4S. The summed E-state index contributed by atoms with van der Waals surface area (Å²) in [7, 11) is -3.33. The lowest BCUT2D eigenvalue weighted by Crippen LogP contribution is -2.53. The van der Waals surface area contributed by atoms with E-state index in [1.54, 1.807) is 4.31 Å². The van der Waals surface area contributed by atoms with Crippen molar-refractivity contribution in [2.45, 2.75) is 94.0 Å². The van der Waals surface area contributed by atoms with E-state index < -0.39 is 16.2 Å². The molecule has 2 saturated heterocycles. The molecule has 4 aliphatic rings. The number of hydrogen-bond acceptors (Lipinski definition) is 6. The molecule has 3 heterocycles. The number of aromatic nitrogens is 1. The third-order valence-corrected chi connectivity index (χ3v) is 9.63. The van der Waals surface area contributed by atoms with Crippen LogP contribution >= 0.6 is 0 Å². The Kier molecular flexibility index (Phi) is 5.58. The minimum atomic E-state index is -3.33. The molecule has 3 N–H and O–H groups in total. The number of alkyl halides is 1. The summed E-state index contributed by atoms with van der Waals surface area (Å²) >= 11 is 0. The van der Waals surface area contributed by atoms with Crippen LogP contribution < -0.4 is 11.1 Å². The molecule has 0 radical (unpaired) electrons. The van der Waals surface area contributed by atoms with Gasteiger partial charge in [0.15, 0.2) is 5.69 Å². The number of halogens is 1. The van der Waals surface area contributed by atoms with Crippen molar-refractivity contribution in [2.75, 3.05) is 5.75 Å². The number of sulfonamides is 1. The zero-order valence-corrected chi connectivity index (χ0v) is 18.4. The van der Waals surface area contributed by atoms with Crippen LogP contribution in [-0.4, -0.2) is 59.9 Å².